The summed E-state index contributed by atoms with van der Waals surface area (Å²) in [6.45, 7) is 0.445. The summed E-state index contributed by atoms with van der Waals surface area (Å²) in [4.78, 5) is 7.57. The van der Waals surface area contributed by atoms with E-state index in [-0.39, 0.29) is 0 Å². The molecule has 0 spiro atoms. The van der Waals surface area contributed by atoms with Crippen LogP contribution in [0, 0.1) is 0 Å². The van der Waals surface area contributed by atoms with E-state index in [1.807, 2.05) is 85.1 Å². The van der Waals surface area contributed by atoms with Gasteiger partial charge in [-0.3, -0.25) is 10.1 Å². The Labute approximate surface area is 186 Å². The Hall–Kier alpha value is -4.38. The van der Waals surface area contributed by atoms with Gasteiger partial charge in [0.15, 0.2) is 0 Å². The van der Waals surface area contributed by atoms with Crippen LogP contribution in [0.4, 0.5) is 0 Å². The van der Waals surface area contributed by atoms with E-state index in [2.05, 4.69) is 38.4 Å². The third kappa shape index (κ3) is 4.68. The van der Waals surface area contributed by atoms with Gasteiger partial charge in [-0.15, -0.1) is 0 Å². The summed E-state index contributed by atoms with van der Waals surface area (Å²) in [5.41, 5.74) is 6.03. The number of benzene rings is 2. The van der Waals surface area contributed by atoms with Crippen molar-refractivity contribution in [2.45, 2.75) is 6.61 Å². The van der Waals surface area contributed by atoms with Crippen molar-refractivity contribution in [3.63, 3.8) is 0 Å². The average molecular weight is 419 g/mol. The standard InChI is InChI=1S/C27H22N4O/c1-2-10-27-26(9-1)21(18-29-27)12-14-23-17-22(30-31-23)13-11-20-6-5-8-25(16-20)32-19-24-7-3-4-15-28-24/h1-18,29H,19H2,(H,30,31). The van der Waals surface area contributed by atoms with Gasteiger partial charge in [-0.25, -0.2) is 0 Å². The first-order chi connectivity index (χ1) is 15.8. The van der Waals surface area contributed by atoms with Crippen LogP contribution >= 0.6 is 0 Å². The first kappa shape index (κ1) is 19.6. The van der Waals surface area contributed by atoms with Gasteiger partial charge >= 0.3 is 0 Å². The van der Waals surface area contributed by atoms with Crippen molar-refractivity contribution in [1.29, 1.82) is 0 Å². The van der Waals surface area contributed by atoms with Gasteiger partial charge in [0.05, 0.1) is 17.1 Å². The highest BCUT2D eigenvalue weighted by Crippen LogP contribution is 2.20. The minimum atomic E-state index is 0.445. The number of hydrogen-bond acceptors (Lipinski definition) is 3. The van der Waals surface area contributed by atoms with Gasteiger partial charge in [0, 0.05) is 23.3 Å². The second kappa shape index (κ2) is 9.18. The predicted molar refractivity (Wildman–Crippen MR) is 130 cm³/mol. The Bertz CT molecular complexity index is 1380. The van der Waals surface area contributed by atoms with Crippen molar-refractivity contribution in [2.75, 3.05) is 0 Å². The highest BCUT2D eigenvalue weighted by molar-refractivity contribution is 5.91. The number of rotatable bonds is 7. The molecule has 0 aliphatic heterocycles. The fourth-order valence-corrected chi connectivity index (χ4v) is 3.47. The molecule has 3 aromatic heterocycles. The molecule has 0 aliphatic carbocycles. The predicted octanol–water partition coefficient (Wildman–Crippen LogP) is 6.21. The highest BCUT2D eigenvalue weighted by Gasteiger charge is 2.01. The van der Waals surface area contributed by atoms with Crippen LogP contribution in [0.25, 0.3) is 35.2 Å². The quantitative estimate of drug-likeness (QED) is 0.330. The lowest BCUT2D eigenvalue weighted by atomic mass is 10.1. The van der Waals surface area contributed by atoms with Crippen molar-refractivity contribution in [1.82, 2.24) is 20.2 Å². The number of hydrogen-bond donors (Lipinski definition) is 2. The van der Waals surface area contributed by atoms with Gasteiger partial charge in [-0.2, -0.15) is 5.10 Å². The lowest BCUT2D eigenvalue weighted by Crippen LogP contribution is -1.97. The van der Waals surface area contributed by atoms with Gasteiger partial charge in [0.25, 0.3) is 0 Å². The van der Waals surface area contributed by atoms with Gasteiger partial charge in [-0.1, -0.05) is 48.6 Å². The number of ether oxygens (including phenoxy) is 1. The van der Waals surface area contributed by atoms with Crippen LogP contribution in [-0.2, 0) is 6.61 Å². The molecule has 156 valence electrons. The number of pyridine rings is 1. The topological polar surface area (TPSA) is 66.6 Å². The first-order valence-corrected chi connectivity index (χ1v) is 10.4. The third-order valence-corrected chi connectivity index (χ3v) is 5.10. The average Bonchev–Trinajstić information content (AvgIpc) is 3.48. The van der Waals surface area contributed by atoms with E-state index in [4.69, 9.17) is 4.74 Å². The molecule has 5 rings (SSSR count). The van der Waals surface area contributed by atoms with E-state index in [9.17, 15) is 0 Å². The second-order valence-corrected chi connectivity index (χ2v) is 7.39. The van der Waals surface area contributed by atoms with Crippen molar-refractivity contribution in [3.05, 3.63) is 113 Å². The van der Waals surface area contributed by atoms with Crippen LogP contribution in [0.5, 0.6) is 5.75 Å². The molecule has 0 saturated carbocycles. The summed E-state index contributed by atoms with van der Waals surface area (Å²) in [7, 11) is 0. The van der Waals surface area contributed by atoms with E-state index < -0.39 is 0 Å². The van der Waals surface area contributed by atoms with Crippen LogP contribution in [0.1, 0.15) is 28.2 Å². The fourth-order valence-electron chi connectivity index (χ4n) is 3.47. The van der Waals surface area contributed by atoms with Crippen LogP contribution in [0.2, 0.25) is 0 Å². The number of fused-ring (bicyclic) bond motifs is 1. The Kier molecular flexibility index (Phi) is 5.62. The second-order valence-electron chi connectivity index (χ2n) is 7.39. The first-order valence-electron chi connectivity index (χ1n) is 10.4. The van der Waals surface area contributed by atoms with Gasteiger partial charge < -0.3 is 9.72 Å². The van der Waals surface area contributed by atoms with Crippen molar-refractivity contribution in [2.24, 2.45) is 0 Å². The van der Waals surface area contributed by atoms with Crippen molar-refractivity contribution >= 4 is 35.2 Å². The molecule has 5 aromatic rings. The summed E-state index contributed by atoms with van der Waals surface area (Å²) in [5.74, 6) is 0.810. The maximum absolute atomic E-state index is 5.86. The lowest BCUT2D eigenvalue weighted by Gasteiger charge is -2.06. The molecule has 5 heteroatoms. The molecule has 32 heavy (non-hydrogen) atoms. The minimum Gasteiger partial charge on any atom is -0.487 e. The van der Waals surface area contributed by atoms with Crippen LogP contribution < -0.4 is 4.74 Å². The number of aromatic amines is 2. The van der Waals surface area contributed by atoms with Crippen LogP contribution in [0.15, 0.2) is 85.2 Å². The van der Waals surface area contributed by atoms with Crippen LogP contribution in [0.3, 0.4) is 0 Å². The normalized spacial score (nSPS) is 11.6. The van der Waals surface area contributed by atoms with Crippen LogP contribution in [-0.4, -0.2) is 20.2 Å². The number of para-hydroxylation sites is 1. The lowest BCUT2D eigenvalue weighted by molar-refractivity contribution is 0.301. The Morgan fingerprint density at radius 3 is 2.72 bits per heavy atom. The molecular weight excluding hydrogens is 396 g/mol. The molecule has 2 aromatic carbocycles. The zero-order valence-electron chi connectivity index (χ0n) is 17.4. The van der Waals surface area contributed by atoms with Gasteiger partial charge in [0.1, 0.15) is 12.4 Å². The number of nitrogens with one attached hydrogen (secondary N) is 2. The van der Waals surface area contributed by atoms with E-state index in [0.29, 0.717) is 6.61 Å². The Morgan fingerprint density at radius 1 is 0.844 bits per heavy atom. The van der Waals surface area contributed by atoms with Crippen molar-refractivity contribution < 1.29 is 4.74 Å². The van der Waals surface area contributed by atoms with E-state index in [1.165, 1.54) is 5.39 Å². The number of aromatic nitrogens is 4. The number of H-pyrrole nitrogens is 2. The van der Waals surface area contributed by atoms with Gasteiger partial charge in [0.2, 0.25) is 0 Å². The Balaban J connectivity index is 1.24. The van der Waals surface area contributed by atoms with E-state index >= 15 is 0 Å². The summed E-state index contributed by atoms with van der Waals surface area (Å²) in [6.07, 6.45) is 11.9. The summed E-state index contributed by atoms with van der Waals surface area (Å²) >= 11 is 0. The largest absolute Gasteiger partial charge is 0.487 e. The molecule has 0 fully saturated rings. The molecule has 0 amide bonds. The maximum atomic E-state index is 5.86. The smallest absolute Gasteiger partial charge is 0.130 e. The fraction of sp³-hybridized carbons (Fsp3) is 0.0370. The molecule has 3 heterocycles. The molecular formula is C27H22N4O. The molecule has 0 aliphatic rings. The molecule has 0 bridgehead atoms. The highest BCUT2D eigenvalue weighted by atomic mass is 16.5. The molecule has 0 atom stereocenters. The molecule has 0 saturated heterocycles. The van der Waals surface area contributed by atoms with Gasteiger partial charge in [-0.05, 0) is 59.7 Å². The third-order valence-electron chi connectivity index (χ3n) is 5.10. The molecule has 2 N–H and O–H groups in total. The van der Waals surface area contributed by atoms with Crippen molar-refractivity contribution in [3.8, 4) is 5.75 Å². The molecule has 0 unspecified atom stereocenters. The van der Waals surface area contributed by atoms with E-state index in [1.54, 1.807) is 6.20 Å². The summed E-state index contributed by atoms with van der Waals surface area (Å²) in [5, 5.41) is 8.65. The monoisotopic (exact) mass is 418 g/mol. The Morgan fingerprint density at radius 2 is 1.78 bits per heavy atom. The zero-order valence-corrected chi connectivity index (χ0v) is 17.4. The summed E-state index contributed by atoms with van der Waals surface area (Å²) in [6, 6.07) is 24.1. The summed E-state index contributed by atoms with van der Waals surface area (Å²) < 4.78 is 5.86. The molecule has 5 nitrogen and oxygen atoms in total. The van der Waals surface area contributed by atoms with E-state index in [0.717, 1.165) is 39.5 Å². The maximum Gasteiger partial charge on any atom is 0.130 e. The zero-order chi connectivity index (χ0) is 21.6. The number of nitrogens with zero attached hydrogens (tertiary/aromatic N) is 2. The molecule has 0 radical (unpaired) electrons. The SMILES string of the molecule is C(=Cc1cc(C=Cc2c[nH]c3ccccc23)n[nH]1)c1cccc(OCc2ccccn2)c1. The minimum absolute atomic E-state index is 0.445.